The number of carboxylic acids is 1. The number of carbonyl (C=O) groups excluding carboxylic acids is 1. The largest absolute Gasteiger partial charge is 0.496 e. The van der Waals surface area contributed by atoms with Gasteiger partial charge in [0.1, 0.15) is 11.3 Å². The first kappa shape index (κ1) is 17.4. The summed E-state index contributed by atoms with van der Waals surface area (Å²) in [4.78, 5) is 24.6. The highest BCUT2D eigenvalue weighted by Gasteiger charge is 2.20. The fourth-order valence-corrected chi connectivity index (χ4v) is 2.72. The van der Waals surface area contributed by atoms with Crippen LogP contribution < -0.4 is 15.0 Å². The van der Waals surface area contributed by atoms with E-state index in [1.807, 2.05) is 4.83 Å². The number of methoxy groups -OCH3 is 1. The molecule has 0 aliphatic heterocycles. The second-order valence-electron chi connectivity index (χ2n) is 4.59. The van der Waals surface area contributed by atoms with Crippen molar-refractivity contribution in [3.63, 3.8) is 0 Å². The quantitative estimate of drug-likeness (QED) is 0.669. The number of carboxylic acid groups (broad SMARTS) is 1. The second kappa shape index (κ2) is 7.11. The molecule has 0 unspecified atom stereocenters. The first-order valence-electron chi connectivity index (χ1n) is 6.63. The van der Waals surface area contributed by atoms with Crippen LogP contribution in [0.2, 0.25) is 0 Å². The smallest absolute Gasteiger partial charge is 0.339 e. The molecule has 0 aliphatic carbocycles. The zero-order chi connectivity index (χ0) is 17.7. The third-order valence-electron chi connectivity index (χ3n) is 3.05. The van der Waals surface area contributed by atoms with E-state index in [9.17, 15) is 18.0 Å². The Morgan fingerprint density at radius 1 is 1.08 bits per heavy atom. The van der Waals surface area contributed by atoms with E-state index in [1.165, 1.54) is 31.4 Å². The van der Waals surface area contributed by atoms with Crippen molar-refractivity contribution in [2.45, 2.75) is 4.90 Å². The number of amides is 1. The van der Waals surface area contributed by atoms with Gasteiger partial charge in [-0.2, -0.15) is 0 Å². The lowest BCUT2D eigenvalue weighted by molar-refractivity contribution is 0.0692. The number of ether oxygens (including phenoxy) is 1. The number of hydrogen-bond acceptors (Lipinski definition) is 5. The normalized spacial score (nSPS) is 10.9. The molecule has 0 aliphatic rings. The summed E-state index contributed by atoms with van der Waals surface area (Å²) in [6.45, 7) is 0. The number of nitrogens with one attached hydrogen (secondary N) is 2. The zero-order valence-corrected chi connectivity index (χ0v) is 13.3. The molecule has 0 spiro atoms. The zero-order valence-electron chi connectivity index (χ0n) is 12.5. The molecule has 2 aromatic carbocycles. The van der Waals surface area contributed by atoms with E-state index in [0.717, 1.165) is 6.07 Å². The maximum Gasteiger partial charge on any atom is 0.339 e. The standard InChI is InChI=1S/C15H14N2O6S/c1-23-13-8-7-11(9-12(13)15(19)20)24(21,22)17-16-14(18)10-5-3-2-4-6-10/h2-9,17H,1H3,(H,16,18)(H,19,20). The van der Waals surface area contributed by atoms with Gasteiger partial charge in [0, 0.05) is 5.56 Å². The van der Waals surface area contributed by atoms with Crippen molar-refractivity contribution in [3.8, 4) is 5.75 Å². The molecule has 0 atom stereocenters. The SMILES string of the molecule is COc1ccc(S(=O)(=O)NNC(=O)c2ccccc2)cc1C(=O)O. The molecular formula is C15H14N2O6S. The Balaban J connectivity index is 2.20. The molecule has 0 saturated heterocycles. The first-order chi connectivity index (χ1) is 11.3. The molecule has 2 aromatic rings. The molecule has 3 N–H and O–H groups in total. The van der Waals surface area contributed by atoms with Gasteiger partial charge < -0.3 is 9.84 Å². The van der Waals surface area contributed by atoms with Crippen LogP contribution in [0.25, 0.3) is 0 Å². The van der Waals surface area contributed by atoms with Gasteiger partial charge in [-0.1, -0.05) is 18.2 Å². The van der Waals surface area contributed by atoms with Gasteiger partial charge in [-0.15, -0.1) is 4.83 Å². The molecule has 8 nitrogen and oxygen atoms in total. The van der Waals surface area contributed by atoms with Gasteiger partial charge in [-0.25, -0.2) is 13.2 Å². The molecule has 0 fully saturated rings. The molecule has 0 aromatic heterocycles. The van der Waals surface area contributed by atoms with Gasteiger partial charge in [-0.3, -0.25) is 10.2 Å². The first-order valence-corrected chi connectivity index (χ1v) is 8.12. The number of benzene rings is 2. The molecule has 2 rings (SSSR count). The van der Waals surface area contributed by atoms with Gasteiger partial charge in [0.05, 0.1) is 12.0 Å². The van der Waals surface area contributed by atoms with Crippen molar-refractivity contribution < 1.29 is 27.9 Å². The molecule has 0 saturated carbocycles. The Bertz CT molecular complexity index is 865. The highest BCUT2D eigenvalue weighted by atomic mass is 32.2. The molecule has 24 heavy (non-hydrogen) atoms. The summed E-state index contributed by atoms with van der Waals surface area (Å²) in [5.74, 6) is -1.96. The topological polar surface area (TPSA) is 122 Å². The fourth-order valence-electron chi connectivity index (χ4n) is 1.86. The number of sulfonamides is 1. The molecule has 0 heterocycles. The summed E-state index contributed by atoms with van der Waals surface area (Å²) in [6.07, 6.45) is 0. The van der Waals surface area contributed by atoms with Gasteiger partial charge in [-0.05, 0) is 30.3 Å². The Morgan fingerprint density at radius 3 is 2.33 bits per heavy atom. The number of carbonyl (C=O) groups is 2. The van der Waals surface area contributed by atoms with E-state index >= 15 is 0 Å². The van der Waals surface area contributed by atoms with Crippen LogP contribution in [0, 0.1) is 0 Å². The van der Waals surface area contributed by atoms with Crippen molar-refractivity contribution in [1.82, 2.24) is 10.3 Å². The van der Waals surface area contributed by atoms with Crippen molar-refractivity contribution >= 4 is 21.9 Å². The number of aromatic carboxylic acids is 1. The highest BCUT2D eigenvalue weighted by molar-refractivity contribution is 7.89. The maximum atomic E-state index is 12.2. The lowest BCUT2D eigenvalue weighted by Crippen LogP contribution is -2.41. The second-order valence-corrected chi connectivity index (χ2v) is 6.28. The third-order valence-corrected chi connectivity index (χ3v) is 4.29. The summed E-state index contributed by atoms with van der Waals surface area (Å²) in [5, 5.41) is 9.09. The van der Waals surface area contributed by atoms with Gasteiger partial charge in [0.15, 0.2) is 0 Å². The fraction of sp³-hybridized carbons (Fsp3) is 0.0667. The monoisotopic (exact) mass is 350 g/mol. The van der Waals surface area contributed by atoms with Crippen molar-refractivity contribution in [2.24, 2.45) is 0 Å². The minimum Gasteiger partial charge on any atom is -0.496 e. The minimum atomic E-state index is -4.15. The van der Waals surface area contributed by atoms with Crippen LogP contribution in [0.3, 0.4) is 0 Å². The Labute approximate surface area is 138 Å². The van der Waals surface area contributed by atoms with E-state index in [-0.39, 0.29) is 21.8 Å². The number of rotatable bonds is 6. The van der Waals surface area contributed by atoms with Gasteiger partial charge >= 0.3 is 5.97 Å². The average Bonchev–Trinajstić information content (AvgIpc) is 2.59. The average molecular weight is 350 g/mol. The van der Waals surface area contributed by atoms with Crippen LogP contribution in [-0.4, -0.2) is 32.5 Å². The van der Waals surface area contributed by atoms with Crippen molar-refractivity contribution in [1.29, 1.82) is 0 Å². The molecule has 1 amide bonds. The van der Waals surface area contributed by atoms with Crippen LogP contribution in [-0.2, 0) is 10.0 Å². The Kier molecular flexibility index (Phi) is 5.17. The Hall–Kier alpha value is -2.91. The molecule has 0 bridgehead atoms. The summed E-state index contributed by atoms with van der Waals surface area (Å²) in [7, 11) is -2.87. The minimum absolute atomic E-state index is 0.0229. The van der Waals surface area contributed by atoms with E-state index in [0.29, 0.717) is 0 Å². The van der Waals surface area contributed by atoms with Crippen LogP contribution in [0.5, 0.6) is 5.75 Å². The van der Waals surface area contributed by atoms with E-state index in [2.05, 4.69) is 5.43 Å². The summed E-state index contributed by atoms with van der Waals surface area (Å²) in [6, 6.07) is 11.3. The molecule has 0 radical (unpaired) electrons. The van der Waals surface area contributed by atoms with E-state index < -0.39 is 21.9 Å². The van der Waals surface area contributed by atoms with E-state index in [1.54, 1.807) is 18.2 Å². The van der Waals surface area contributed by atoms with Crippen LogP contribution in [0.15, 0.2) is 53.4 Å². The van der Waals surface area contributed by atoms with Crippen LogP contribution in [0.1, 0.15) is 20.7 Å². The van der Waals surface area contributed by atoms with Crippen LogP contribution >= 0.6 is 0 Å². The third kappa shape index (κ3) is 3.89. The number of hydrogen-bond donors (Lipinski definition) is 3. The van der Waals surface area contributed by atoms with Crippen molar-refractivity contribution in [3.05, 3.63) is 59.7 Å². The van der Waals surface area contributed by atoms with Crippen LogP contribution in [0.4, 0.5) is 0 Å². The Morgan fingerprint density at radius 2 is 1.75 bits per heavy atom. The predicted molar refractivity (Wildman–Crippen MR) is 84.2 cm³/mol. The summed E-state index contributed by atoms with van der Waals surface area (Å²) in [5.41, 5.74) is 2.01. The lowest BCUT2D eigenvalue weighted by Gasteiger charge is -2.10. The lowest BCUT2D eigenvalue weighted by atomic mass is 10.2. The van der Waals surface area contributed by atoms with Gasteiger partial charge in [0.25, 0.3) is 15.9 Å². The highest BCUT2D eigenvalue weighted by Crippen LogP contribution is 2.22. The van der Waals surface area contributed by atoms with Gasteiger partial charge in [0.2, 0.25) is 0 Å². The summed E-state index contributed by atoms with van der Waals surface area (Å²) < 4.78 is 29.2. The van der Waals surface area contributed by atoms with Crippen molar-refractivity contribution in [2.75, 3.05) is 7.11 Å². The predicted octanol–water partition coefficient (Wildman–Crippen LogP) is 1.02. The molecule has 126 valence electrons. The summed E-state index contributed by atoms with van der Waals surface area (Å²) >= 11 is 0. The molecular weight excluding hydrogens is 336 g/mol. The number of hydrazine groups is 1. The van der Waals surface area contributed by atoms with E-state index in [4.69, 9.17) is 9.84 Å². The molecule has 9 heteroatoms. The maximum absolute atomic E-state index is 12.2.